The number of carbonyl (C=O) groups is 1. The molecule has 19 heavy (non-hydrogen) atoms. The summed E-state index contributed by atoms with van der Waals surface area (Å²) in [5, 5.41) is 9.90. The first-order valence-electron chi connectivity index (χ1n) is 6.03. The molecule has 1 aromatic heterocycles. The van der Waals surface area contributed by atoms with E-state index in [1.165, 1.54) is 18.9 Å². The molecule has 0 aliphatic rings. The SMILES string of the molecule is CCCn1c(SCC(C)(NC)C(=O)OC)n[nH]c1=O. The third-order valence-corrected chi connectivity index (χ3v) is 4.14. The zero-order valence-corrected chi connectivity index (χ0v) is 12.5. The lowest BCUT2D eigenvalue weighted by Gasteiger charge is -2.25. The van der Waals surface area contributed by atoms with Crippen molar-refractivity contribution in [3.8, 4) is 0 Å². The molecule has 1 unspecified atom stereocenters. The van der Waals surface area contributed by atoms with Gasteiger partial charge in [-0.15, -0.1) is 5.10 Å². The first-order chi connectivity index (χ1) is 8.98. The maximum atomic E-state index is 11.7. The number of hydrogen-bond acceptors (Lipinski definition) is 6. The van der Waals surface area contributed by atoms with Crippen LogP contribution in [0.1, 0.15) is 20.3 Å². The number of nitrogens with one attached hydrogen (secondary N) is 2. The highest BCUT2D eigenvalue weighted by molar-refractivity contribution is 7.99. The third-order valence-electron chi connectivity index (χ3n) is 2.85. The van der Waals surface area contributed by atoms with E-state index >= 15 is 0 Å². The lowest BCUT2D eigenvalue weighted by molar-refractivity contribution is -0.146. The zero-order valence-electron chi connectivity index (χ0n) is 11.6. The van der Waals surface area contributed by atoms with Gasteiger partial charge in [-0.2, -0.15) is 0 Å². The largest absolute Gasteiger partial charge is 0.468 e. The number of methoxy groups -OCH3 is 1. The van der Waals surface area contributed by atoms with Gasteiger partial charge in [0.2, 0.25) is 0 Å². The van der Waals surface area contributed by atoms with Gasteiger partial charge in [-0.1, -0.05) is 18.7 Å². The van der Waals surface area contributed by atoms with Crippen molar-refractivity contribution in [2.75, 3.05) is 19.9 Å². The molecule has 0 spiro atoms. The third kappa shape index (κ3) is 3.60. The monoisotopic (exact) mass is 288 g/mol. The molecule has 0 amide bonds. The Morgan fingerprint density at radius 1 is 1.63 bits per heavy atom. The van der Waals surface area contributed by atoms with Gasteiger partial charge < -0.3 is 10.1 Å². The van der Waals surface area contributed by atoms with E-state index in [1.54, 1.807) is 18.5 Å². The van der Waals surface area contributed by atoms with Crippen LogP contribution in [0.15, 0.2) is 9.95 Å². The quantitative estimate of drug-likeness (QED) is 0.551. The number of thioether (sulfide) groups is 1. The Balaban J connectivity index is 2.81. The van der Waals surface area contributed by atoms with Crippen LogP contribution in [0, 0.1) is 0 Å². The second-order valence-corrected chi connectivity index (χ2v) is 5.27. The summed E-state index contributed by atoms with van der Waals surface area (Å²) in [7, 11) is 3.05. The predicted octanol–water partition coefficient (Wildman–Crippen LogP) is 0.225. The maximum Gasteiger partial charge on any atom is 0.343 e. The second-order valence-electron chi connectivity index (χ2n) is 4.33. The van der Waals surface area contributed by atoms with Gasteiger partial charge in [0.05, 0.1) is 7.11 Å². The Morgan fingerprint density at radius 3 is 2.84 bits per heavy atom. The van der Waals surface area contributed by atoms with Gasteiger partial charge in [0, 0.05) is 12.3 Å². The lowest BCUT2D eigenvalue weighted by atomic mass is 10.1. The van der Waals surface area contributed by atoms with Crippen molar-refractivity contribution in [1.82, 2.24) is 20.1 Å². The van der Waals surface area contributed by atoms with E-state index in [-0.39, 0.29) is 11.7 Å². The first kappa shape index (κ1) is 15.8. The van der Waals surface area contributed by atoms with Gasteiger partial charge in [0.25, 0.3) is 0 Å². The Kier molecular flexibility index (Phi) is 5.61. The summed E-state index contributed by atoms with van der Waals surface area (Å²) >= 11 is 1.34. The van der Waals surface area contributed by atoms with Crippen LogP contribution in [0.5, 0.6) is 0 Å². The summed E-state index contributed by atoms with van der Waals surface area (Å²) in [5.41, 5.74) is -1.04. The molecule has 0 saturated carbocycles. The average Bonchev–Trinajstić information content (AvgIpc) is 2.77. The summed E-state index contributed by atoms with van der Waals surface area (Å²) < 4.78 is 6.33. The lowest BCUT2D eigenvalue weighted by Crippen LogP contribution is -2.50. The zero-order chi connectivity index (χ0) is 14.5. The number of aromatic nitrogens is 3. The molecule has 0 aliphatic heterocycles. The molecule has 0 saturated heterocycles. The van der Waals surface area contributed by atoms with E-state index in [2.05, 4.69) is 15.5 Å². The highest BCUT2D eigenvalue weighted by atomic mass is 32.2. The molecule has 1 aromatic rings. The highest BCUT2D eigenvalue weighted by Gasteiger charge is 2.33. The van der Waals surface area contributed by atoms with Crippen LogP contribution < -0.4 is 11.0 Å². The van der Waals surface area contributed by atoms with Crippen molar-refractivity contribution >= 4 is 17.7 Å². The molecule has 1 atom stereocenters. The van der Waals surface area contributed by atoms with Crippen molar-refractivity contribution in [1.29, 1.82) is 0 Å². The van der Waals surface area contributed by atoms with Crippen molar-refractivity contribution in [3.05, 3.63) is 10.5 Å². The number of H-pyrrole nitrogens is 1. The molecule has 0 fully saturated rings. The van der Waals surface area contributed by atoms with E-state index in [9.17, 15) is 9.59 Å². The number of aromatic amines is 1. The normalized spacial score (nSPS) is 14.1. The van der Waals surface area contributed by atoms with E-state index in [1.807, 2.05) is 6.92 Å². The van der Waals surface area contributed by atoms with Gasteiger partial charge in [-0.05, 0) is 20.4 Å². The van der Waals surface area contributed by atoms with E-state index in [0.29, 0.717) is 17.5 Å². The molecule has 0 aliphatic carbocycles. The Labute approximate surface area is 116 Å². The maximum absolute atomic E-state index is 11.7. The fourth-order valence-electron chi connectivity index (χ4n) is 1.50. The van der Waals surface area contributed by atoms with E-state index < -0.39 is 5.54 Å². The Morgan fingerprint density at radius 2 is 2.32 bits per heavy atom. The number of likely N-dealkylation sites (N-methyl/N-ethyl adjacent to an activating group) is 1. The number of carbonyl (C=O) groups excluding carboxylic acids is 1. The van der Waals surface area contributed by atoms with E-state index in [0.717, 1.165) is 6.42 Å². The molecule has 0 bridgehead atoms. The molecule has 8 heteroatoms. The molecule has 2 N–H and O–H groups in total. The summed E-state index contributed by atoms with van der Waals surface area (Å²) in [4.78, 5) is 23.2. The highest BCUT2D eigenvalue weighted by Crippen LogP contribution is 2.20. The van der Waals surface area contributed by atoms with Crippen LogP contribution in [0.3, 0.4) is 0 Å². The fourth-order valence-corrected chi connectivity index (χ4v) is 2.62. The second kappa shape index (κ2) is 6.76. The van der Waals surface area contributed by atoms with Crippen LogP contribution in [0.25, 0.3) is 0 Å². The summed E-state index contributed by atoms with van der Waals surface area (Å²) in [6.45, 7) is 4.34. The number of esters is 1. The van der Waals surface area contributed by atoms with Gasteiger partial charge in [0.15, 0.2) is 5.16 Å². The molecule has 1 rings (SSSR count). The smallest absolute Gasteiger partial charge is 0.343 e. The Bertz CT molecular complexity index is 485. The van der Waals surface area contributed by atoms with Crippen molar-refractivity contribution in [2.45, 2.75) is 37.5 Å². The molecular weight excluding hydrogens is 268 g/mol. The van der Waals surface area contributed by atoms with Crippen LogP contribution in [0.2, 0.25) is 0 Å². The molecule has 1 heterocycles. The van der Waals surface area contributed by atoms with E-state index in [4.69, 9.17) is 4.74 Å². The molecule has 0 radical (unpaired) electrons. The van der Waals surface area contributed by atoms with Crippen LogP contribution in [0.4, 0.5) is 0 Å². The molecule has 108 valence electrons. The van der Waals surface area contributed by atoms with Gasteiger partial charge >= 0.3 is 11.7 Å². The fraction of sp³-hybridized carbons (Fsp3) is 0.727. The number of rotatable bonds is 7. The predicted molar refractivity (Wildman–Crippen MR) is 73.3 cm³/mol. The minimum Gasteiger partial charge on any atom is -0.468 e. The minimum atomic E-state index is -0.814. The first-order valence-corrected chi connectivity index (χ1v) is 7.02. The summed E-state index contributed by atoms with van der Waals surface area (Å²) in [6.07, 6.45) is 0.841. The van der Waals surface area contributed by atoms with Crippen molar-refractivity contribution < 1.29 is 9.53 Å². The van der Waals surface area contributed by atoms with Crippen LogP contribution in [-0.4, -0.2) is 46.2 Å². The molecule has 7 nitrogen and oxygen atoms in total. The Hall–Kier alpha value is -1.28. The van der Waals surface area contributed by atoms with Gasteiger partial charge in [-0.3, -0.25) is 9.36 Å². The summed E-state index contributed by atoms with van der Waals surface area (Å²) in [5.74, 6) is 0.0758. The molecular formula is C11H20N4O3S. The minimum absolute atomic E-state index is 0.228. The average molecular weight is 288 g/mol. The van der Waals surface area contributed by atoms with Crippen molar-refractivity contribution in [3.63, 3.8) is 0 Å². The number of ether oxygens (including phenoxy) is 1. The number of hydrogen-bond donors (Lipinski definition) is 2. The van der Waals surface area contributed by atoms with Gasteiger partial charge in [0.1, 0.15) is 5.54 Å². The topological polar surface area (TPSA) is 89.0 Å². The van der Waals surface area contributed by atoms with Crippen LogP contribution >= 0.6 is 11.8 Å². The number of nitrogens with zero attached hydrogens (tertiary/aromatic N) is 2. The van der Waals surface area contributed by atoms with Crippen LogP contribution in [-0.2, 0) is 16.1 Å². The summed E-state index contributed by atoms with van der Waals surface area (Å²) in [6, 6.07) is 0. The van der Waals surface area contributed by atoms with Gasteiger partial charge in [-0.25, -0.2) is 9.89 Å². The van der Waals surface area contributed by atoms with Crippen molar-refractivity contribution in [2.24, 2.45) is 0 Å². The standard InChI is InChI=1S/C11H20N4O3S/c1-5-6-15-9(17)13-14-10(15)19-7-11(2,12-3)8(16)18-4/h12H,5-7H2,1-4H3,(H,13,17). The molecule has 0 aromatic carbocycles.